The van der Waals surface area contributed by atoms with Gasteiger partial charge in [0.25, 0.3) is 10.0 Å². The minimum absolute atomic E-state index is 0.0131. The lowest BCUT2D eigenvalue weighted by Gasteiger charge is -2.15. The van der Waals surface area contributed by atoms with E-state index in [0.717, 1.165) is 17.5 Å². The monoisotopic (exact) mass is 535 g/mol. The number of nitrogens with one attached hydrogen (secondary N) is 3. The molecule has 0 saturated heterocycles. The van der Waals surface area contributed by atoms with Crippen LogP contribution < -0.4 is 9.44 Å². The van der Waals surface area contributed by atoms with E-state index < -0.39 is 20.0 Å². The first-order valence-electron chi connectivity index (χ1n) is 10.3. The molecule has 1 unspecified atom stereocenters. The molecule has 4 aromatic rings. The minimum atomic E-state index is -4.00. The summed E-state index contributed by atoms with van der Waals surface area (Å²) in [6, 6.07) is 15.6. The molecule has 1 aliphatic carbocycles. The average Bonchev–Trinajstić information content (AvgIpc) is 3.40. The van der Waals surface area contributed by atoms with Gasteiger partial charge in [-0.25, -0.2) is 21.6 Å². The van der Waals surface area contributed by atoms with Crippen LogP contribution in [0.1, 0.15) is 23.6 Å². The standard InChI is InChI=1S/C23H19Cl2N3O4S2/c24-18-10-12-21(23-22(18)19(25)13-26-23)28-34(31,32)16-8-6-15(7-9-16)33(29,30)27-20-11-5-14-3-1-2-4-17(14)20/h1-4,6-10,12-13,20,26-28H,5,11H2. The first kappa shape index (κ1) is 23.2. The second-order valence-electron chi connectivity index (χ2n) is 7.97. The summed E-state index contributed by atoms with van der Waals surface area (Å²) in [7, 11) is -7.84. The van der Waals surface area contributed by atoms with E-state index >= 15 is 0 Å². The van der Waals surface area contributed by atoms with E-state index in [0.29, 0.717) is 27.4 Å². The molecule has 0 radical (unpaired) electrons. The third-order valence-electron chi connectivity index (χ3n) is 5.86. The Morgan fingerprint density at radius 1 is 0.824 bits per heavy atom. The van der Waals surface area contributed by atoms with Crippen LogP contribution in [0.3, 0.4) is 0 Å². The lowest BCUT2D eigenvalue weighted by atomic mass is 10.1. The third kappa shape index (κ3) is 4.18. The summed E-state index contributed by atoms with van der Waals surface area (Å²) in [5, 5.41) is 1.26. The molecule has 0 amide bonds. The van der Waals surface area contributed by atoms with Crippen LogP contribution in [0.2, 0.25) is 10.0 Å². The maximum atomic E-state index is 13.0. The molecule has 34 heavy (non-hydrogen) atoms. The Hall–Kier alpha value is -2.56. The molecule has 1 aliphatic rings. The smallest absolute Gasteiger partial charge is 0.261 e. The van der Waals surface area contributed by atoms with E-state index in [1.165, 1.54) is 36.5 Å². The first-order chi connectivity index (χ1) is 16.2. The minimum Gasteiger partial charge on any atom is -0.358 e. The summed E-state index contributed by atoms with van der Waals surface area (Å²) < 4.78 is 57.0. The number of aryl methyl sites for hydroxylation is 1. The van der Waals surface area contributed by atoms with Gasteiger partial charge in [0, 0.05) is 17.6 Å². The van der Waals surface area contributed by atoms with Gasteiger partial charge in [-0.1, -0.05) is 47.5 Å². The van der Waals surface area contributed by atoms with Crippen molar-refractivity contribution in [2.24, 2.45) is 0 Å². The Labute approximate surface area is 207 Å². The van der Waals surface area contributed by atoms with Gasteiger partial charge in [-0.05, 0) is 60.4 Å². The number of benzene rings is 3. The summed E-state index contributed by atoms with van der Waals surface area (Å²) in [5.41, 5.74) is 2.81. The van der Waals surface area contributed by atoms with E-state index in [4.69, 9.17) is 23.2 Å². The van der Waals surface area contributed by atoms with Crippen molar-refractivity contribution < 1.29 is 16.8 Å². The summed E-state index contributed by atoms with van der Waals surface area (Å²) >= 11 is 12.3. The van der Waals surface area contributed by atoms with Crippen LogP contribution in [0.15, 0.2) is 76.7 Å². The van der Waals surface area contributed by atoms with Crippen LogP contribution >= 0.6 is 23.2 Å². The Balaban J connectivity index is 1.38. The van der Waals surface area contributed by atoms with Gasteiger partial charge in [-0.3, -0.25) is 4.72 Å². The Morgan fingerprint density at radius 3 is 2.24 bits per heavy atom. The van der Waals surface area contributed by atoms with Gasteiger partial charge >= 0.3 is 0 Å². The van der Waals surface area contributed by atoms with Crippen molar-refractivity contribution >= 4 is 59.8 Å². The van der Waals surface area contributed by atoms with Gasteiger partial charge < -0.3 is 4.98 Å². The van der Waals surface area contributed by atoms with Crippen molar-refractivity contribution in [1.82, 2.24) is 9.71 Å². The lowest BCUT2D eigenvalue weighted by molar-refractivity contribution is 0.554. The van der Waals surface area contributed by atoms with Crippen molar-refractivity contribution in [3.63, 3.8) is 0 Å². The van der Waals surface area contributed by atoms with Crippen LogP contribution in [0, 0.1) is 0 Å². The number of H-pyrrole nitrogens is 1. The predicted octanol–water partition coefficient (Wildman–Crippen LogP) is 5.24. The predicted molar refractivity (Wildman–Crippen MR) is 133 cm³/mol. The lowest BCUT2D eigenvalue weighted by Crippen LogP contribution is -2.27. The fraction of sp³-hybridized carbons (Fsp3) is 0.130. The number of halogens is 2. The molecule has 1 aromatic heterocycles. The highest BCUT2D eigenvalue weighted by Gasteiger charge is 2.27. The molecule has 1 atom stereocenters. The second-order valence-corrected chi connectivity index (χ2v) is 12.2. The molecular weight excluding hydrogens is 517 g/mol. The van der Waals surface area contributed by atoms with E-state index in [1.54, 1.807) is 6.07 Å². The van der Waals surface area contributed by atoms with Crippen molar-refractivity contribution in [3.8, 4) is 0 Å². The Kier molecular flexibility index (Phi) is 5.86. The number of aromatic nitrogens is 1. The van der Waals surface area contributed by atoms with Crippen molar-refractivity contribution in [2.75, 3.05) is 4.72 Å². The highest BCUT2D eigenvalue weighted by molar-refractivity contribution is 7.92. The molecule has 176 valence electrons. The van der Waals surface area contributed by atoms with Gasteiger partial charge in [0.05, 0.1) is 31.0 Å². The van der Waals surface area contributed by atoms with E-state index in [9.17, 15) is 16.8 Å². The molecule has 0 saturated carbocycles. The zero-order valence-corrected chi connectivity index (χ0v) is 20.7. The molecule has 0 spiro atoms. The van der Waals surface area contributed by atoms with Gasteiger partial charge in [-0.2, -0.15) is 0 Å². The largest absolute Gasteiger partial charge is 0.358 e. The van der Waals surface area contributed by atoms with Gasteiger partial charge in [0.15, 0.2) is 0 Å². The topological polar surface area (TPSA) is 108 Å². The summed E-state index contributed by atoms with van der Waals surface area (Å²) in [4.78, 5) is 2.81. The molecule has 5 rings (SSSR count). The fourth-order valence-electron chi connectivity index (χ4n) is 4.19. The van der Waals surface area contributed by atoms with Crippen LogP contribution in [0.5, 0.6) is 0 Å². The molecule has 1 heterocycles. The van der Waals surface area contributed by atoms with Gasteiger partial charge in [0.1, 0.15) is 0 Å². The number of aromatic amines is 1. The molecule has 7 nitrogen and oxygen atoms in total. The Bertz CT molecular complexity index is 1620. The SMILES string of the molecule is O=S(=O)(Nc1ccc(Cl)c2c(Cl)c[nH]c12)c1ccc(S(=O)(=O)NC2CCc3ccccc32)cc1. The number of fused-ring (bicyclic) bond motifs is 2. The molecule has 0 bridgehead atoms. The molecule has 0 fully saturated rings. The third-order valence-corrected chi connectivity index (χ3v) is 9.34. The second kappa shape index (κ2) is 8.58. The van der Waals surface area contributed by atoms with E-state index in [2.05, 4.69) is 14.4 Å². The molecule has 0 aliphatic heterocycles. The highest BCUT2D eigenvalue weighted by Crippen LogP contribution is 2.36. The van der Waals surface area contributed by atoms with Crippen molar-refractivity contribution in [1.29, 1.82) is 0 Å². The van der Waals surface area contributed by atoms with Crippen LogP contribution in [-0.4, -0.2) is 21.8 Å². The van der Waals surface area contributed by atoms with Crippen LogP contribution in [-0.2, 0) is 26.5 Å². The normalized spacial score (nSPS) is 16.0. The first-order valence-corrected chi connectivity index (χ1v) is 14.1. The number of anilines is 1. The highest BCUT2D eigenvalue weighted by atomic mass is 35.5. The Morgan fingerprint density at radius 2 is 1.50 bits per heavy atom. The molecule has 3 aromatic carbocycles. The fourth-order valence-corrected chi connectivity index (χ4v) is 7.07. The summed E-state index contributed by atoms with van der Waals surface area (Å²) in [5.74, 6) is 0. The van der Waals surface area contributed by atoms with E-state index in [-0.39, 0.29) is 21.5 Å². The average molecular weight is 536 g/mol. The number of hydrogen-bond donors (Lipinski definition) is 3. The quantitative estimate of drug-likeness (QED) is 0.313. The maximum absolute atomic E-state index is 13.0. The molecular formula is C23H19Cl2N3O4S2. The van der Waals surface area contributed by atoms with Crippen molar-refractivity contribution in [3.05, 3.63) is 88.0 Å². The summed E-state index contributed by atoms with van der Waals surface area (Å²) in [6.45, 7) is 0. The number of sulfonamides is 2. The number of rotatable bonds is 6. The number of hydrogen-bond acceptors (Lipinski definition) is 4. The van der Waals surface area contributed by atoms with Gasteiger partial charge in [0.2, 0.25) is 10.0 Å². The van der Waals surface area contributed by atoms with Crippen LogP contribution in [0.25, 0.3) is 10.9 Å². The van der Waals surface area contributed by atoms with E-state index in [1.807, 2.05) is 24.3 Å². The summed E-state index contributed by atoms with van der Waals surface area (Å²) in [6.07, 6.45) is 2.99. The zero-order valence-electron chi connectivity index (χ0n) is 17.5. The molecule has 11 heteroatoms. The van der Waals surface area contributed by atoms with Crippen molar-refractivity contribution in [2.45, 2.75) is 28.7 Å². The molecule has 3 N–H and O–H groups in total. The zero-order chi connectivity index (χ0) is 24.1. The van der Waals surface area contributed by atoms with Gasteiger partial charge in [-0.15, -0.1) is 0 Å². The van der Waals surface area contributed by atoms with Crippen LogP contribution in [0.4, 0.5) is 5.69 Å². The maximum Gasteiger partial charge on any atom is 0.261 e.